The van der Waals surface area contributed by atoms with Gasteiger partial charge >= 0.3 is 5.97 Å². The van der Waals surface area contributed by atoms with Crippen LogP contribution in [0, 0.1) is 0 Å². The Bertz CT molecular complexity index is 994. The number of hydrogen-bond acceptors (Lipinski definition) is 4. The normalized spacial score (nSPS) is 17.6. The molecule has 1 saturated heterocycles. The fourth-order valence-electron chi connectivity index (χ4n) is 2.75. The highest BCUT2D eigenvalue weighted by Crippen LogP contribution is 2.33. The maximum atomic E-state index is 12.7. The lowest BCUT2D eigenvalue weighted by Crippen LogP contribution is -2.28. The molecule has 3 rings (SSSR count). The summed E-state index contributed by atoms with van der Waals surface area (Å²) in [5, 5.41) is 9.69. The molecule has 1 heterocycles. The first kappa shape index (κ1) is 19.6. The number of carbonyl (C=O) groups excluding carboxylic acids is 1. The van der Waals surface area contributed by atoms with Gasteiger partial charge in [-0.25, -0.2) is 9.79 Å². The molecule has 1 amide bonds. The number of amidine groups is 1. The molecule has 0 saturated carbocycles. The van der Waals surface area contributed by atoms with Gasteiger partial charge in [0, 0.05) is 6.54 Å². The van der Waals surface area contributed by atoms with Crippen LogP contribution in [0.3, 0.4) is 0 Å². The smallest absolute Gasteiger partial charge is 0.335 e. The molecular weight excluding hydrogens is 372 g/mol. The highest BCUT2D eigenvalue weighted by atomic mass is 32.2. The molecule has 6 heteroatoms. The first-order valence-corrected chi connectivity index (χ1v) is 9.66. The number of benzene rings is 2. The van der Waals surface area contributed by atoms with E-state index in [9.17, 15) is 9.59 Å². The fraction of sp³-hybridized carbons (Fsp3) is 0.136. The maximum absolute atomic E-state index is 12.7. The van der Waals surface area contributed by atoms with Crippen LogP contribution in [0.2, 0.25) is 0 Å². The van der Waals surface area contributed by atoms with Crippen molar-refractivity contribution < 1.29 is 14.7 Å². The summed E-state index contributed by atoms with van der Waals surface area (Å²) >= 11 is 1.30. The molecular formula is C22H20N2O3S. The van der Waals surface area contributed by atoms with E-state index in [1.165, 1.54) is 23.9 Å². The molecule has 2 aromatic rings. The maximum Gasteiger partial charge on any atom is 0.335 e. The van der Waals surface area contributed by atoms with E-state index in [1.807, 2.05) is 56.3 Å². The predicted molar refractivity (Wildman–Crippen MR) is 114 cm³/mol. The van der Waals surface area contributed by atoms with Gasteiger partial charge in [0.2, 0.25) is 0 Å². The fourth-order valence-corrected chi connectivity index (χ4v) is 3.86. The third-order valence-electron chi connectivity index (χ3n) is 4.07. The lowest BCUT2D eigenvalue weighted by molar-refractivity contribution is -0.122. The van der Waals surface area contributed by atoms with Crippen molar-refractivity contribution in [1.29, 1.82) is 0 Å². The number of hydrogen-bond donors (Lipinski definition) is 1. The first-order chi connectivity index (χ1) is 13.5. The summed E-state index contributed by atoms with van der Waals surface area (Å²) in [5.74, 6) is -1.10. The lowest BCUT2D eigenvalue weighted by atomic mass is 10.1. The predicted octanol–water partition coefficient (Wildman–Crippen LogP) is 4.96. The van der Waals surface area contributed by atoms with Gasteiger partial charge in [0.25, 0.3) is 5.91 Å². The number of likely N-dealkylation sites (N-methyl/N-ethyl adjacent to an activating group) is 1. The van der Waals surface area contributed by atoms with Crippen molar-refractivity contribution in [3.63, 3.8) is 0 Å². The summed E-state index contributed by atoms with van der Waals surface area (Å²) in [6, 6.07) is 16.3. The third kappa shape index (κ3) is 4.58. The Balaban J connectivity index is 1.89. The second kappa shape index (κ2) is 8.71. The summed E-state index contributed by atoms with van der Waals surface area (Å²) in [7, 11) is 0. The summed E-state index contributed by atoms with van der Waals surface area (Å²) in [6.07, 6.45) is 3.88. The van der Waals surface area contributed by atoms with Gasteiger partial charge in [0.1, 0.15) is 0 Å². The van der Waals surface area contributed by atoms with E-state index in [0.29, 0.717) is 22.3 Å². The van der Waals surface area contributed by atoms with Crippen LogP contribution in [-0.4, -0.2) is 33.6 Å². The van der Waals surface area contributed by atoms with E-state index in [2.05, 4.69) is 4.99 Å². The highest BCUT2D eigenvalue weighted by molar-refractivity contribution is 8.18. The van der Waals surface area contributed by atoms with Gasteiger partial charge in [-0.05, 0) is 61.0 Å². The number of aliphatic imine (C=N–C) groups is 1. The minimum absolute atomic E-state index is 0.0959. The van der Waals surface area contributed by atoms with E-state index in [-0.39, 0.29) is 11.5 Å². The van der Waals surface area contributed by atoms with Crippen LogP contribution >= 0.6 is 11.8 Å². The minimum atomic E-state index is -1.01. The van der Waals surface area contributed by atoms with E-state index in [0.717, 1.165) is 11.1 Å². The number of nitrogens with zero attached hydrogens (tertiary/aromatic N) is 2. The number of aromatic carboxylic acids is 1. The number of carboxylic acids is 1. The van der Waals surface area contributed by atoms with Crippen LogP contribution in [0.1, 0.15) is 29.8 Å². The zero-order valence-corrected chi connectivity index (χ0v) is 16.4. The third-order valence-corrected chi connectivity index (χ3v) is 5.08. The van der Waals surface area contributed by atoms with Crippen LogP contribution in [-0.2, 0) is 4.79 Å². The average molecular weight is 392 g/mol. The van der Waals surface area contributed by atoms with Crippen molar-refractivity contribution >= 4 is 40.6 Å². The quantitative estimate of drug-likeness (QED) is 0.731. The summed E-state index contributed by atoms with van der Waals surface area (Å²) < 4.78 is 0. The van der Waals surface area contributed by atoms with Crippen LogP contribution in [0.25, 0.3) is 6.08 Å². The summed E-state index contributed by atoms with van der Waals surface area (Å²) in [5.41, 5.74) is 2.70. The molecule has 1 aliphatic rings. The molecule has 0 aromatic heterocycles. The first-order valence-electron chi connectivity index (χ1n) is 8.84. The molecule has 28 heavy (non-hydrogen) atoms. The van der Waals surface area contributed by atoms with E-state index < -0.39 is 5.97 Å². The SMILES string of the molecule is CCN1C(=O)/C(=C/C(C)=C/c2ccccc2)SC1=Nc1cccc(C(=O)O)c1. The topological polar surface area (TPSA) is 70.0 Å². The molecule has 1 N–H and O–H groups in total. The largest absolute Gasteiger partial charge is 0.478 e. The second-order valence-corrected chi connectivity index (χ2v) is 7.22. The summed E-state index contributed by atoms with van der Waals surface area (Å²) in [4.78, 5) is 30.6. The molecule has 1 aliphatic heterocycles. The molecule has 5 nitrogen and oxygen atoms in total. The van der Waals surface area contributed by atoms with Gasteiger partial charge in [0.05, 0.1) is 16.2 Å². The van der Waals surface area contributed by atoms with Crippen molar-refractivity contribution in [2.75, 3.05) is 6.54 Å². The van der Waals surface area contributed by atoms with Gasteiger partial charge in [-0.2, -0.15) is 0 Å². The second-order valence-electron chi connectivity index (χ2n) is 6.21. The van der Waals surface area contributed by atoms with Crippen LogP contribution in [0.15, 0.2) is 76.1 Å². The zero-order chi connectivity index (χ0) is 20.1. The van der Waals surface area contributed by atoms with Gasteiger partial charge in [0.15, 0.2) is 5.17 Å². The molecule has 0 atom stereocenters. The van der Waals surface area contributed by atoms with Crippen molar-refractivity contribution in [2.24, 2.45) is 4.99 Å². The van der Waals surface area contributed by atoms with Gasteiger partial charge in [-0.3, -0.25) is 9.69 Å². The number of rotatable bonds is 5. The Labute approximate surface area is 168 Å². The Hall–Kier alpha value is -3.12. The van der Waals surface area contributed by atoms with Crippen molar-refractivity contribution in [3.8, 4) is 0 Å². The van der Waals surface area contributed by atoms with Gasteiger partial charge < -0.3 is 5.11 Å². The number of allylic oxidation sites excluding steroid dienone is 2. The number of thioether (sulfide) groups is 1. The molecule has 0 aliphatic carbocycles. The van der Waals surface area contributed by atoms with Gasteiger partial charge in [-0.1, -0.05) is 42.5 Å². The molecule has 1 fully saturated rings. The Morgan fingerprint density at radius 3 is 2.61 bits per heavy atom. The average Bonchev–Trinajstić information content (AvgIpc) is 2.96. The van der Waals surface area contributed by atoms with Crippen molar-refractivity contribution in [1.82, 2.24) is 4.90 Å². The molecule has 0 radical (unpaired) electrons. The van der Waals surface area contributed by atoms with Crippen molar-refractivity contribution in [3.05, 3.63) is 82.3 Å². The number of amides is 1. The van der Waals surface area contributed by atoms with E-state index in [1.54, 1.807) is 17.0 Å². The van der Waals surface area contributed by atoms with Crippen molar-refractivity contribution in [2.45, 2.75) is 13.8 Å². The summed E-state index contributed by atoms with van der Waals surface area (Å²) in [6.45, 7) is 4.33. The Morgan fingerprint density at radius 2 is 1.93 bits per heavy atom. The van der Waals surface area contributed by atoms with Gasteiger partial charge in [-0.15, -0.1) is 0 Å². The zero-order valence-electron chi connectivity index (χ0n) is 15.6. The minimum Gasteiger partial charge on any atom is -0.478 e. The Morgan fingerprint density at radius 1 is 1.18 bits per heavy atom. The molecule has 2 aromatic carbocycles. The Kier molecular flexibility index (Phi) is 6.11. The van der Waals surface area contributed by atoms with Crippen LogP contribution in [0.5, 0.6) is 0 Å². The molecule has 0 spiro atoms. The number of carboxylic acid groups (broad SMARTS) is 1. The highest BCUT2D eigenvalue weighted by Gasteiger charge is 2.32. The monoisotopic (exact) mass is 392 g/mol. The standard InChI is InChI=1S/C22H20N2O3S/c1-3-24-20(25)19(13-15(2)12-16-8-5-4-6-9-16)28-22(24)23-18-11-7-10-17(14-18)21(26)27/h4-14H,3H2,1-2H3,(H,26,27)/b15-12+,19-13-,23-22?. The molecule has 0 bridgehead atoms. The van der Waals surface area contributed by atoms with E-state index in [4.69, 9.17) is 5.11 Å². The molecule has 142 valence electrons. The number of carbonyl (C=O) groups is 2. The molecule has 0 unspecified atom stereocenters. The lowest BCUT2D eigenvalue weighted by Gasteiger charge is -2.12. The van der Waals surface area contributed by atoms with E-state index >= 15 is 0 Å². The van der Waals surface area contributed by atoms with Crippen LogP contribution < -0.4 is 0 Å². The van der Waals surface area contributed by atoms with Crippen LogP contribution in [0.4, 0.5) is 5.69 Å².